The zero-order valence-corrected chi connectivity index (χ0v) is 12.0. The quantitative estimate of drug-likeness (QED) is 0.644. The number of hydrogen-bond acceptors (Lipinski definition) is 6. The van der Waals surface area contributed by atoms with E-state index in [0.29, 0.717) is 5.69 Å². The number of benzene rings is 2. The van der Waals surface area contributed by atoms with Gasteiger partial charge in [0.2, 0.25) is 0 Å². The fourth-order valence-corrected chi connectivity index (χ4v) is 1.92. The van der Waals surface area contributed by atoms with Gasteiger partial charge in [-0.15, -0.1) is 0 Å². The molecule has 23 heavy (non-hydrogen) atoms. The molecular formula is C14H12N4O5. The van der Waals surface area contributed by atoms with Gasteiger partial charge in [0.25, 0.3) is 17.3 Å². The molecule has 2 aromatic carbocycles. The average Bonchev–Trinajstić information content (AvgIpc) is 2.53. The molecule has 0 saturated heterocycles. The molecule has 0 aliphatic carbocycles. The van der Waals surface area contributed by atoms with Crippen molar-refractivity contribution >= 4 is 23.0 Å². The Labute approximate surface area is 130 Å². The second kappa shape index (κ2) is 6.52. The first kappa shape index (κ1) is 15.9. The number of carbonyl (C=O) groups excluding carboxylic acids is 1. The molecule has 0 heterocycles. The van der Waals surface area contributed by atoms with Crippen molar-refractivity contribution < 1.29 is 14.6 Å². The third kappa shape index (κ3) is 3.59. The lowest BCUT2D eigenvalue weighted by Crippen LogP contribution is -2.29. The van der Waals surface area contributed by atoms with Crippen LogP contribution in [0.5, 0.6) is 0 Å². The molecule has 0 spiro atoms. The van der Waals surface area contributed by atoms with Gasteiger partial charge in [0.05, 0.1) is 21.1 Å². The maximum absolute atomic E-state index is 12.1. The molecule has 1 amide bonds. The maximum atomic E-state index is 12.1. The summed E-state index contributed by atoms with van der Waals surface area (Å²) in [5.41, 5.74) is 4.29. The zero-order chi connectivity index (χ0) is 17.0. The molecule has 2 N–H and O–H groups in total. The summed E-state index contributed by atoms with van der Waals surface area (Å²) in [6.07, 6.45) is 0. The first-order valence-electron chi connectivity index (χ1n) is 6.45. The number of para-hydroxylation sites is 1. The normalized spacial score (nSPS) is 9.96. The number of carbonyl (C=O) groups is 1. The highest BCUT2D eigenvalue weighted by atomic mass is 16.6. The standard InChI is InChI=1S/C14H12N4O5/c1-9-12(17(20)21)7-10(8-13(9)18(22)23)14(19)16-15-11-5-3-2-4-6-11/h2-8,15H,1H3,(H,16,19). The molecule has 0 fully saturated rings. The van der Waals surface area contributed by atoms with Crippen LogP contribution in [0, 0.1) is 27.2 Å². The molecule has 9 heteroatoms. The summed E-state index contributed by atoms with van der Waals surface area (Å²) in [6, 6.07) is 10.7. The number of hydrazine groups is 1. The Morgan fingerprint density at radius 1 is 1.00 bits per heavy atom. The van der Waals surface area contributed by atoms with E-state index >= 15 is 0 Å². The van der Waals surface area contributed by atoms with Crippen molar-refractivity contribution in [1.82, 2.24) is 5.43 Å². The monoisotopic (exact) mass is 316 g/mol. The first-order valence-corrected chi connectivity index (χ1v) is 6.45. The van der Waals surface area contributed by atoms with Crippen LogP contribution in [0.4, 0.5) is 17.1 Å². The van der Waals surface area contributed by atoms with Crippen LogP contribution < -0.4 is 10.9 Å². The lowest BCUT2D eigenvalue weighted by atomic mass is 10.1. The minimum atomic E-state index is -0.760. The molecule has 0 radical (unpaired) electrons. The maximum Gasteiger partial charge on any atom is 0.279 e. The van der Waals surface area contributed by atoms with E-state index in [0.717, 1.165) is 12.1 Å². The van der Waals surface area contributed by atoms with E-state index in [1.54, 1.807) is 30.3 Å². The minimum Gasteiger partial charge on any atom is -0.298 e. The summed E-state index contributed by atoms with van der Waals surface area (Å²) in [6.45, 7) is 1.26. The Kier molecular flexibility index (Phi) is 4.50. The number of rotatable bonds is 5. The molecule has 0 bridgehead atoms. The Hall–Kier alpha value is -3.49. The van der Waals surface area contributed by atoms with E-state index in [2.05, 4.69) is 10.9 Å². The van der Waals surface area contributed by atoms with Crippen LogP contribution in [0.3, 0.4) is 0 Å². The van der Waals surface area contributed by atoms with Gasteiger partial charge in [-0.3, -0.25) is 35.9 Å². The number of nitrogens with zero attached hydrogens (tertiary/aromatic N) is 2. The van der Waals surface area contributed by atoms with Gasteiger partial charge in [0, 0.05) is 12.1 Å². The van der Waals surface area contributed by atoms with Crippen molar-refractivity contribution in [1.29, 1.82) is 0 Å². The van der Waals surface area contributed by atoms with Crippen LogP contribution in [0.25, 0.3) is 0 Å². The highest BCUT2D eigenvalue weighted by Gasteiger charge is 2.25. The van der Waals surface area contributed by atoms with Crippen molar-refractivity contribution in [2.45, 2.75) is 6.92 Å². The van der Waals surface area contributed by atoms with Crippen LogP contribution in [0.2, 0.25) is 0 Å². The largest absolute Gasteiger partial charge is 0.298 e. The Morgan fingerprint density at radius 3 is 2.00 bits per heavy atom. The molecule has 0 saturated carbocycles. The molecule has 0 unspecified atom stereocenters. The van der Waals surface area contributed by atoms with E-state index in [-0.39, 0.29) is 11.1 Å². The van der Waals surface area contributed by atoms with Crippen molar-refractivity contribution in [2.75, 3.05) is 5.43 Å². The summed E-state index contributed by atoms with van der Waals surface area (Å²) in [4.78, 5) is 32.5. The van der Waals surface area contributed by atoms with Gasteiger partial charge in [0.1, 0.15) is 5.56 Å². The number of anilines is 1. The number of nitro benzene ring substituents is 2. The van der Waals surface area contributed by atoms with E-state index in [1.807, 2.05) is 0 Å². The molecule has 118 valence electrons. The van der Waals surface area contributed by atoms with Crippen molar-refractivity contribution in [3.63, 3.8) is 0 Å². The topological polar surface area (TPSA) is 127 Å². The Bertz CT molecular complexity index is 741. The molecule has 0 atom stereocenters. The second-order valence-electron chi connectivity index (χ2n) is 4.60. The second-order valence-corrected chi connectivity index (χ2v) is 4.60. The molecule has 0 aromatic heterocycles. The van der Waals surface area contributed by atoms with Crippen LogP contribution in [-0.2, 0) is 0 Å². The lowest BCUT2D eigenvalue weighted by Gasteiger charge is -2.09. The summed E-state index contributed by atoms with van der Waals surface area (Å²) in [5.74, 6) is -0.722. The van der Waals surface area contributed by atoms with E-state index in [9.17, 15) is 25.0 Å². The van der Waals surface area contributed by atoms with Crippen molar-refractivity contribution in [2.24, 2.45) is 0 Å². The summed E-state index contributed by atoms with van der Waals surface area (Å²) < 4.78 is 0. The van der Waals surface area contributed by atoms with Gasteiger partial charge in [0.15, 0.2) is 0 Å². The number of hydrogen-bond donors (Lipinski definition) is 2. The number of nitro groups is 2. The van der Waals surface area contributed by atoms with Crippen LogP contribution in [0.15, 0.2) is 42.5 Å². The van der Waals surface area contributed by atoms with Crippen LogP contribution in [-0.4, -0.2) is 15.8 Å². The Morgan fingerprint density at radius 2 is 1.52 bits per heavy atom. The summed E-state index contributed by atoms with van der Waals surface area (Å²) >= 11 is 0. The van der Waals surface area contributed by atoms with Crippen molar-refractivity contribution in [3.05, 3.63) is 73.8 Å². The van der Waals surface area contributed by atoms with Gasteiger partial charge in [-0.25, -0.2) is 0 Å². The summed E-state index contributed by atoms with van der Waals surface area (Å²) in [7, 11) is 0. The molecule has 0 aliphatic heterocycles. The van der Waals surface area contributed by atoms with Gasteiger partial charge >= 0.3 is 0 Å². The molecule has 9 nitrogen and oxygen atoms in total. The van der Waals surface area contributed by atoms with E-state index < -0.39 is 27.1 Å². The lowest BCUT2D eigenvalue weighted by molar-refractivity contribution is -0.395. The van der Waals surface area contributed by atoms with Crippen LogP contribution in [0.1, 0.15) is 15.9 Å². The highest BCUT2D eigenvalue weighted by Crippen LogP contribution is 2.29. The SMILES string of the molecule is Cc1c([N+](=O)[O-])cc(C(=O)NNc2ccccc2)cc1[N+](=O)[O-]. The number of amides is 1. The molecule has 2 aromatic rings. The van der Waals surface area contributed by atoms with E-state index in [4.69, 9.17) is 0 Å². The average molecular weight is 316 g/mol. The predicted octanol–water partition coefficient (Wildman–Crippen LogP) is 2.57. The fourth-order valence-electron chi connectivity index (χ4n) is 1.92. The van der Waals surface area contributed by atoms with Crippen LogP contribution >= 0.6 is 0 Å². The minimum absolute atomic E-state index is 0.104. The van der Waals surface area contributed by atoms with Crippen molar-refractivity contribution in [3.8, 4) is 0 Å². The van der Waals surface area contributed by atoms with Gasteiger partial charge in [-0.05, 0) is 19.1 Å². The first-order chi connectivity index (χ1) is 10.9. The highest BCUT2D eigenvalue weighted by molar-refractivity contribution is 5.96. The van der Waals surface area contributed by atoms with E-state index in [1.165, 1.54) is 6.92 Å². The summed E-state index contributed by atoms with van der Waals surface area (Å²) in [5, 5.41) is 22.0. The van der Waals surface area contributed by atoms with Gasteiger partial charge in [-0.1, -0.05) is 18.2 Å². The number of nitrogens with one attached hydrogen (secondary N) is 2. The zero-order valence-electron chi connectivity index (χ0n) is 12.0. The molecule has 0 aliphatic rings. The third-order valence-corrected chi connectivity index (χ3v) is 3.10. The van der Waals surface area contributed by atoms with Gasteiger partial charge < -0.3 is 0 Å². The molecule has 2 rings (SSSR count). The molecular weight excluding hydrogens is 304 g/mol. The third-order valence-electron chi connectivity index (χ3n) is 3.10. The smallest absolute Gasteiger partial charge is 0.279 e. The van der Waals surface area contributed by atoms with Gasteiger partial charge in [-0.2, -0.15) is 0 Å². The Balaban J connectivity index is 2.29. The fraction of sp³-hybridized carbons (Fsp3) is 0.0714. The predicted molar refractivity (Wildman–Crippen MR) is 82.0 cm³/mol.